The summed E-state index contributed by atoms with van der Waals surface area (Å²) in [5, 5.41) is 37.1. The number of hydrogen-bond donors (Lipinski definition) is 4. The largest absolute Gasteiger partial charge is 0.479 e. The summed E-state index contributed by atoms with van der Waals surface area (Å²) in [6, 6.07) is 0. The van der Waals surface area contributed by atoms with Crippen LogP contribution in [0.15, 0.2) is 0 Å². The summed E-state index contributed by atoms with van der Waals surface area (Å²) in [5.74, 6) is -1.50. The van der Waals surface area contributed by atoms with Crippen LogP contribution in [-0.4, -0.2) is 56.9 Å². The maximum absolute atomic E-state index is 10.7. The van der Waals surface area contributed by atoms with Crippen LogP contribution >= 0.6 is 0 Å². The summed E-state index contributed by atoms with van der Waals surface area (Å²) in [7, 11) is 0. The first kappa shape index (κ1) is 12.4. The maximum Gasteiger partial charge on any atom is 0.335 e. The molecule has 15 heavy (non-hydrogen) atoms. The first-order chi connectivity index (χ1) is 6.86. The third-order valence-corrected chi connectivity index (χ3v) is 2.55. The molecule has 0 saturated carbocycles. The summed E-state index contributed by atoms with van der Waals surface area (Å²) in [6.45, 7) is 3.47. The molecule has 0 spiro atoms. The molecule has 1 saturated heterocycles. The van der Waals surface area contributed by atoms with Gasteiger partial charge in [-0.15, -0.1) is 0 Å². The standard InChI is InChI=1S/C9H16O6/c1-3(2)7-5(11)4(10)6(12)8(15-7)9(13)14/h3-8,10-12H,1-2H3,(H,13,14)/t4?,5-,6?,7?,8?/m1/s1. The molecule has 0 aromatic rings. The predicted molar refractivity (Wildman–Crippen MR) is 49.2 cm³/mol. The first-order valence-electron chi connectivity index (χ1n) is 4.78. The number of aliphatic hydroxyl groups is 3. The molecule has 1 rings (SSSR count). The van der Waals surface area contributed by atoms with Gasteiger partial charge in [0.2, 0.25) is 0 Å². The van der Waals surface area contributed by atoms with Crippen LogP contribution in [0.25, 0.3) is 0 Å². The van der Waals surface area contributed by atoms with Gasteiger partial charge in [0.15, 0.2) is 6.10 Å². The zero-order valence-electron chi connectivity index (χ0n) is 8.57. The average molecular weight is 220 g/mol. The van der Waals surface area contributed by atoms with Crippen LogP contribution in [0, 0.1) is 5.92 Å². The maximum atomic E-state index is 10.7. The fraction of sp³-hybridized carbons (Fsp3) is 0.889. The number of carboxylic acid groups (broad SMARTS) is 1. The van der Waals surface area contributed by atoms with Crippen LogP contribution in [0.1, 0.15) is 13.8 Å². The Morgan fingerprint density at radius 2 is 1.67 bits per heavy atom. The Labute approximate surface area is 87.1 Å². The van der Waals surface area contributed by atoms with E-state index in [0.29, 0.717) is 0 Å². The molecule has 0 radical (unpaired) electrons. The van der Waals surface area contributed by atoms with E-state index >= 15 is 0 Å². The quantitative estimate of drug-likeness (QED) is 0.455. The number of hydrogen-bond acceptors (Lipinski definition) is 5. The van der Waals surface area contributed by atoms with Gasteiger partial charge in [0, 0.05) is 0 Å². The molecule has 0 aliphatic carbocycles. The second-order valence-electron chi connectivity index (χ2n) is 4.08. The second-order valence-corrected chi connectivity index (χ2v) is 4.08. The summed E-state index contributed by atoms with van der Waals surface area (Å²) in [5.41, 5.74) is 0. The third-order valence-electron chi connectivity index (χ3n) is 2.55. The molecule has 4 N–H and O–H groups in total. The Morgan fingerprint density at radius 3 is 2.07 bits per heavy atom. The molecule has 88 valence electrons. The lowest BCUT2D eigenvalue weighted by Gasteiger charge is -2.40. The van der Waals surface area contributed by atoms with Crippen LogP contribution in [0.2, 0.25) is 0 Å². The van der Waals surface area contributed by atoms with Gasteiger partial charge in [-0.05, 0) is 5.92 Å². The SMILES string of the molecule is CC(C)C1OC(C(=O)O)C(O)C(O)[C@H]1O. The van der Waals surface area contributed by atoms with Crippen LogP contribution in [0.4, 0.5) is 0 Å². The summed E-state index contributed by atoms with van der Waals surface area (Å²) < 4.78 is 5.04. The average Bonchev–Trinajstić information content (AvgIpc) is 2.13. The molecule has 0 bridgehead atoms. The molecule has 1 fully saturated rings. The first-order valence-corrected chi connectivity index (χ1v) is 4.78. The van der Waals surface area contributed by atoms with Crippen molar-refractivity contribution >= 4 is 5.97 Å². The second kappa shape index (κ2) is 4.44. The zero-order chi connectivity index (χ0) is 11.7. The number of carbonyl (C=O) groups is 1. The van der Waals surface area contributed by atoms with Crippen LogP contribution in [-0.2, 0) is 9.53 Å². The van der Waals surface area contributed by atoms with Crippen LogP contribution in [0.3, 0.4) is 0 Å². The number of carboxylic acids is 1. The van der Waals surface area contributed by atoms with E-state index in [1.54, 1.807) is 13.8 Å². The van der Waals surface area contributed by atoms with Crippen molar-refractivity contribution in [3.05, 3.63) is 0 Å². The van der Waals surface area contributed by atoms with Gasteiger partial charge < -0.3 is 25.2 Å². The Hall–Kier alpha value is -0.690. The van der Waals surface area contributed by atoms with Gasteiger partial charge >= 0.3 is 5.97 Å². The van der Waals surface area contributed by atoms with Gasteiger partial charge in [0.05, 0.1) is 6.10 Å². The summed E-state index contributed by atoms with van der Waals surface area (Å²) in [6.07, 6.45) is -6.64. The van der Waals surface area contributed by atoms with Crippen molar-refractivity contribution in [3.63, 3.8) is 0 Å². The minimum Gasteiger partial charge on any atom is -0.479 e. The van der Waals surface area contributed by atoms with Crippen molar-refractivity contribution in [3.8, 4) is 0 Å². The number of aliphatic hydroxyl groups excluding tert-OH is 3. The number of ether oxygens (including phenoxy) is 1. The highest BCUT2D eigenvalue weighted by molar-refractivity contribution is 5.73. The van der Waals surface area contributed by atoms with Crippen LogP contribution in [0.5, 0.6) is 0 Å². The molecule has 0 amide bonds. The molecular formula is C9H16O6. The van der Waals surface area contributed by atoms with E-state index in [0.717, 1.165) is 0 Å². The molecule has 1 aliphatic heterocycles. The van der Waals surface area contributed by atoms with Crippen molar-refractivity contribution in [1.82, 2.24) is 0 Å². The molecule has 6 heteroatoms. The van der Waals surface area contributed by atoms with Crippen molar-refractivity contribution in [1.29, 1.82) is 0 Å². The Bertz CT molecular complexity index is 241. The van der Waals surface area contributed by atoms with Crippen molar-refractivity contribution < 1.29 is 30.0 Å². The summed E-state index contributed by atoms with van der Waals surface area (Å²) in [4.78, 5) is 10.7. The predicted octanol–water partition coefficient (Wildman–Crippen LogP) is -1.42. The van der Waals surface area contributed by atoms with Gasteiger partial charge in [-0.3, -0.25) is 0 Å². The van der Waals surface area contributed by atoms with Crippen molar-refractivity contribution in [2.45, 2.75) is 44.4 Å². The van der Waals surface area contributed by atoms with Gasteiger partial charge in [-0.2, -0.15) is 0 Å². The normalized spacial score (nSPS) is 41.9. The molecule has 4 unspecified atom stereocenters. The topological polar surface area (TPSA) is 107 Å². The lowest BCUT2D eigenvalue weighted by Crippen LogP contribution is -2.60. The van der Waals surface area contributed by atoms with E-state index in [9.17, 15) is 20.1 Å². The van der Waals surface area contributed by atoms with Gasteiger partial charge in [-0.25, -0.2) is 4.79 Å². The van der Waals surface area contributed by atoms with E-state index in [1.165, 1.54) is 0 Å². The molecular weight excluding hydrogens is 204 g/mol. The third kappa shape index (κ3) is 2.28. The smallest absolute Gasteiger partial charge is 0.335 e. The highest BCUT2D eigenvalue weighted by Crippen LogP contribution is 2.25. The fourth-order valence-electron chi connectivity index (χ4n) is 1.66. The van der Waals surface area contributed by atoms with E-state index in [-0.39, 0.29) is 5.92 Å². The molecule has 5 atom stereocenters. The van der Waals surface area contributed by atoms with E-state index < -0.39 is 36.5 Å². The monoisotopic (exact) mass is 220 g/mol. The van der Waals surface area contributed by atoms with Crippen LogP contribution < -0.4 is 0 Å². The summed E-state index contributed by atoms with van der Waals surface area (Å²) >= 11 is 0. The highest BCUT2D eigenvalue weighted by atomic mass is 16.6. The Morgan fingerprint density at radius 1 is 1.13 bits per heavy atom. The van der Waals surface area contributed by atoms with Crippen molar-refractivity contribution in [2.24, 2.45) is 5.92 Å². The van der Waals surface area contributed by atoms with E-state index in [1.807, 2.05) is 0 Å². The van der Waals surface area contributed by atoms with Gasteiger partial charge in [0.1, 0.15) is 18.3 Å². The lowest BCUT2D eigenvalue weighted by atomic mass is 9.89. The molecule has 6 nitrogen and oxygen atoms in total. The molecule has 0 aromatic carbocycles. The molecule has 1 aliphatic rings. The lowest BCUT2D eigenvalue weighted by molar-refractivity contribution is -0.235. The number of aliphatic carboxylic acids is 1. The van der Waals surface area contributed by atoms with E-state index in [2.05, 4.69) is 0 Å². The molecule has 1 heterocycles. The van der Waals surface area contributed by atoms with Gasteiger partial charge in [0.25, 0.3) is 0 Å². The fourth-order valence-corrected chi connectivity index (χ4v) is 1.66. The van der Waals surface area contributed by atoms with Gasteiger partial charge in [-0.1, -0.05) is 13.8 Å². The minimum absolute atomic E-state index is 0.149. The molecule has 0 aromatic heterocycles. The van der Waals surface area contributed by atoms with Crippen molar-refractivity contribution in [2.75, 3.05) is 0 Å². The van der Waals surface area contributed by atoms with E-state index in [4.69, 9.17) is 9.84 Å². The Kier molecular flexibility index (Phi) is 3.67. The Balaban J connectivity index is 2.85. The zero-order valence-corrected chi connectivity index (χ0v) is 8.57. The number of rotatable bonds is 2. The highest BCUT2D eigenvalue weighted by Gasteiger charge is 2.47. The minimum atomic E-state index is -1.60.